The fourth-order valence-corrected chi connectivity index (χ4v) is 3.84. The predicted molar refractivity (Wildman–Crippen MR) is 115 cm³/mol. The number of nitrogens with zero attached hydrogens (tertiary/aromatic N) is 3. The number of benzene rings is 2. The molecule has 0 unspecified atom stereocenters. The molecule has 0 fully saturated rings. The smallest absolute Gasteiger partial charge is 0.291 e. The van der Waals surface area contributed by atoms with E-state index in [1.54, 1.807) is 19.3 Å². The van der Waals surface area contributed by atoms with Crippen molar-refractivity contribution >= 4 is 22.4 Å². The van der Waals surface area contributed by atoms with E-state index >= 15 is 0 Å². The van der Waals surface area contributed by atoms with Gasteiger partial charge in [-0.3, -0.25) is 4.79 Å². The molecule has 0 radical (unpaired) electrons. The summed E-state index contributed by atoms with van der Waals surface area (Å²) in [6, 6.07) is 13.4. The number of hydrogen-bond donors (Lipinski definition) is 0. The van der Waals surface area contributed by atoms with Crippen molar-refractivity contribution in [2.45, 2.75) is 6.92 Å². The highest BCUT2D eigenvalue weighted by molar-refractivity contribution is 7.15. The summed E-state index contributed by atoms with van der Waals surface area (Å²) < 4.78 is 12.9. The maximum Gasteiger partial charge on any atom is 0.291 e. The second-order valence-electron chi connectivity index (χ2n) is 6.43. The molecule has 4 rings (SSSR count). The predicted octanol–water partition coefficient (Wildman–Crippen LogP) is 3.25. The quantitative estimate of drug-likeness (QED) is 0.461. The number of hydrogen-bond acceptors (Lipinski definition) is 6. The van der Waals surface area contributed by atoms with Gasteiger partial charge in [-0.2, -0.15) is 9.50 Å². The molecule has 146 valence electrons. The van der Waals surface area contributed by atoms with Crippen molar-refractivity contribution in [2.75, 3.05) is 13.7 Å². The third-order valence-electron chi connectivity index (χ3n) is 4.30. The second-order valence-corrected chi connectivity index (χ2v) is 7.43. The van der Waals surface area contributed by atoms with E-state index < -0.39 is 0 Å². The summed E-state index contributed by atoms with van der Waals surface area (Å²) in [7, 11) is 1.58. The molecule has 0 amide bonds. The van der Waals surface area contributed by atoms with Gasteiger partial charge in [0.25, 0.3) is 5.56 Å². The summed E-state index contributed by atoms with van der Waals surface area (Å²) in [5.41, 5.74) is 2.65. The molecule has 2 aromatic heterocycles. The van der Waals surface area contributed by atoms with Crippen LogP contribution in [0, 0.1) is 6.92 Å². The normalized spacial score (nSPS) is 11.7. The number of aryl methyl sites for hydroxylation is 1. The molecule has 29 heavy (non-hydrogen) atoms. The Labute approximate surface area is 171 Å². The van der Waals surface area contributed by atoms with Crippen molar-refractivity contribution < 1.29 is 9.47 Å². The van der Waals surface area contributed by atoms with Gasteiger partial charge in [-0.05, 0) is 36.8 Å². The number of methoxy groups -OCH3 is 1. The van der Waals surface area contributed by atoms with E-state index in [-0.39, 0.29) is 5.56 Å². The lowest BCUT2D eigenvalue weighted by atomic mass is 10.1. The highest BCUT2D eigenvalue weighted by Gasteiger charge is 2.12. The Morgan fingerprint density at radius 3 is 2.79 bits per heavy atom. The molecule has 7 heteroatoms. The van der Waals surface area contributed by atoms with Gasteiger partial charge in [0, 0.05) is 5.56 Å². The summed E-state index contributed by atoms with van der Waals surface area (Å²) in [5, 5.41) is 4.40. The lowest BCUT2D eigenvalue weighted by molar-refractivity contribution is 0.326. The number of aromatic nitrogens is 3. The van der Waals surface area contributed by atoms with Gasteiger partial charge in [0.1, 0.15) is 6.61 Å². The highest BCUT2D eigenvalue weighted by atomic mass is 32.1. The minimum absolute atomic E-state index is 0.192. The van der Waals surface area contributed by atoms with Crippen molar-refractivity contribution in [2.24, 2.45) is 0 Å². The Morgan fingerprint density at radius 2 is 2.07 bits per heavy atom. The number of fused-ring (bicyclic) bond motifs is 1. The van der Waals surface area contributed by atoms with Crippen LogP contribution in [0.3, 0.4) is 0 Å². The topological polar surface area (TPSA) is 65.7 Å². The van der Waals surface area contributed by atoms with Crippen LogP contribution < -0.4 is 19.6 Å². The van der Waals surface area contributed by atoms with Crippen LogP contribution >= 0.6 is 11.3 Å². The first-order chi connectivity index (χ1) is 14.1. The lowest BCUT2D eigenvalue weighted by Gasteiger charge is -2.09. The zero-order valence-corrected chi connectivity index (χ0v) is 16.9. The monoisotopic (exact) mass is 405 g/mol. The first-order valence-electron chi connectivity index (χ1n) is 8.99. The average molecular weight is 405 g/mol. The van der Waals surface area contributed by atoms with Crippen molar-refractivity contribution in [1.29, 1.82) is 0 Å². The third-order valence-corrected chi connectivity index (χ3v) is 5.26. The van der Waals surface area contributed by atoms with Gasteiger partial charge in [0.2, 0.25) is 4.96 Å². The van der Waals surface area contributed by atoms with Crippen LogP contribution in [-0.4, -0.2) is 28.3 Å². The van der Waals surface area contributed by atoms with E-state index in [9.17, 15) is 4.79 Å². The molecular formula is C22H19N3O3S. The fraction of sp³-hybridized carbons (Fsp3) is 0.136. The van der Waals surface area contributed by atoms with Crippen LogP contribution in [0.15, 0.2) is 59.9 Å². The van der Waals surface area contributed by atoms with Gasteiger partial charge in [-0.15, -0.1) is 5.10 Å². The molecule has 0 atom stereocenters. The van der Waals surface area contributed by atoms with Crippen molar-refractivity contribution in [3.63, 3.8) is 0 Å². The largest absolute Gasteiger partial charge is 0.493 e. The first kappa shape index (κ1) is 18.9. The summed E-state index contributed by atoms with van der Waals surface area (Å²) >= 11 is 1.31. The van der Waals surface area contributed by atoms with Gasteiger partial charge in [-0.25, -0.2) is 0 Å². The van der Waals surface area contributed by atoms with Gasteiger partial charge in [-0.1, -0.05) is 53.8 Å². The maximum atomic E-state index is 12.8. The van der Waals surface area contributed by atoms with Crippen LogP contribution in [0.5, 0.6) is 11.5 Å². The lowest BCUT2D eigenvalue weighted by Crippen LogP contribution is -2.23. The summed E-state index contributed by atoms with van der Waals surface area (Å²) in [4.78, 5) is 17.9. The zero-order chi connectivity index (χ0) is 20.4. The standard InChI is InChI=1S/C22H19N3O3S/c1-4-10-28-17-9-8-15(12-18(17)27-3)13-19-21(26)25-22(29-19)23-20(24-25)16-7-5-6-14(2)11-16/h4-9,11-13H,1,10H2,2-3H3. The summed E-state index contributed by atoms with van der Waals surface area (Å²) in [5.74, 6) is 1.76. The molecular weight excluding hydrogens is 386 g/mol. The number of ether oxygens (including phenoxy) is 2. The molecule has 0 aliphatic carbocycles. The Bertz CT molecular complexity index is 1310. The van der Waals surface area contributed by atoms with E-state index in [1.165, 1.54) is 15.9 Å². The molecule has 0 N–H and O–H groups in total. The average Bonchev–Trinajstić information content (AvgIpc) is 3.26. The minimum atomic E-state index is -0.192. The van der Waals surface area contributed by atoms with E-state index in [4.69, 9.17) is 9.47 Å². The SMILES string of the molecule is C=CCOc1ccc(C=c2sc3nc(-c4cccc(C)c4)nn3c2=O)cc1OC. The second kappa shape index (κ2) is 7.89. The van der Waals surface area contributed by atoms with Crippen LogP contribution in [0.25, 0.3) is 22.4 Å². The highest BCUT2D eigenvalue weighted by Crippen LogP contribution is 2.28. The Morgan fingerprint density at radius 1 is 1.21 bits per heavy atom. The number of thiazole rings is 1. The van der Waals surface area contributed by atoms with Crippen molar-refractivity contribution in [3.05, 3.63) is 81.1 Å². The molecule has 2 aromatic carbocycles. The molecule has 6 nitrogen and oxygen atoms in total. The summed E-state index contributed by atoms with van der Waals surface area (Å²) in [6.07, 6.45) is 3.47. The van der Waals surface area contributed by atoms with Crippen LogP contribution in [0.1, 0.15) is 11.1 Å². The Balaban J connectivity index is 1.72. The first-order valence-corrected chi connectivity index (χ1v) is 9.81. The maximum absolute atomic E-state index is 12.8. The van der Waals surface area contributed by atoms with Gasteiger partial charge >= 0.3 is 0 Å². The van der Waals surface area contributed by atoms with E-state index in [0.717, 1.165) is 16.7 Å². The van der Waals surface area contributed by atoms with Crippen LogP contribution in [0.4, 0.5) is 0 Å². The van der Waals surface area contributed by atoms with Gasteiger partial charge in [0.15, 0.2) is 17.3 Å². The minimum Gasteiger partial charge on any atom is -0.493 e. The van der Waals surface area contributed by atoms with E-state index in [1.807, 2.05) is 49.4 Å². The summed E-state index contributed by atoms with van der Waals surface area (Å²) in [6.45, 7) is 6.04. The number of rotatable bonds is 6. The fourth-order valence-electron chi connectivity index (χ4n) is 2.93. The van der Waals surface area contributed by atoms with Crippen molar-refractivity contribution in [3.8, 4) is 22.9 Å². The van der Waals surface area contributed by atoms with Crippen LogP contribution in [-0.2, 0) is 0 Å². The van der Waals surface area contributed by atoms with Crippen LogP contribution in [0.2, 0.25) is 0 Å². The molecule has 2 heterocycles. The molecule has 0 saturated carbocycles. The van der Waals surface area contributed by atoms with E-state index in [2.05, 4.69) is 16.7 Å². The molecule has 0 aliphatic heterocycles. The molecule has 0 aliphatic rings. The van der Waals surface area contributed by atoms with Gasteiger partial charge < -0.3 is 9.47 Å². The van der Waals surface area contributed by atoms with Gasteiger partial charge in [0.05, 0.1) is 11.6 Å². The molecule has 0 bridgehead atoms. The third kappa shape index (κ3) is 3.77. The van der Waals surface area contributed by atoms with Crippen molar-refractivity contribution in [1.82, 2.24) is 14.6 Å². The molecule has 4 aromatic rings. The van der Waals surface area contributed by atoms with E-state index in [0.29, 0.717) is 33.4 Å². The molecule has 0 saturated heterocycles. The Kier molecular flexibility index (Phi) is 5.14. The molecule has 0 spiro atoms. The Hall–Kier alpha value is -3.45. The zero-order valence-electron chi connectivity index (χ0n) is 16.1.